The van der Waals surface area contributed by atoms with Crippen LogP contribution in [0, 0.1) is 0 Å². The molecule has 0 aliphatic heterocycles. The van der Waals surface area contributed by atoms with Crippen molar-refractivity contribution in [2.75, 3.05) is 33.1 Å². The third-order valence-electron chi connectivity index (χ3n) is 4.14. The van der Waals surface area contributed by atoms with Crippen LogP contribution in [-0.4, -0.2) is 59.1 Å². The van der Waals surface area contributed by atoms with E-state index >= 15 is 0 Å². The van der Waals surface area contributed by atoms with Gasteiger partial charge < -0.3 is 15.2 Å². The molecule has 0 aromatic carbocycles. The number of hydrogen-bond acceptors (Lipinski definition) is 6. The van der Waals surface area contributed by atoms with Crippen LogP contribution in [0.3, 0.4) is 0 Å². The van der Waals surface area contributed by atoms with E-state index in [1.165, 1.54) is 6.42 Å². The molecule has 0 atom stereocenters. The van der Waals surface area contributed by atoms with Crippen LogP contribution in [0.15, 0.2) is 12.1 Å². The maximum atomic E-state index is 12.3. The number of nitrogens with zero attached hydrogens (tertiary/aromatic N) is 4. The van der Waals surface area contributed by atoms with Gasteiger partial charge in [0.05, 0.1) is 0 Å². The van der Waals surface area contributed by atoms with Crippen LogP contribution in [0.2, 0.25) is 0 Å². The van der Waals surface area contributed by atoms with E-state index in [2.05, 4.69) is 34.6 Å². The minimum Gasteiger partial charge on any atom is -0.338 e. The molecule has 20 heavy (non-hydrogen) atoms. The number of hydrazine groups is 1. The molecule has 1 amide bonds. The number of nitrogen functional groups attached to an aromatic ring is 1. The highest BCUT2D eigenvalue weighted by Crippen LogP contribution is 2.36. The molecule has 110 valence electrons. The van der Waals surface area contributed by atoms with Gasteiger partial charge in [-0.2, -0.15) is 0 Å². The summed E-state index contributed by atoms with van der Waals surface area (Å²) >= 11 is 0. The minimum absolute atomic E-state index is 0.108. The number of carbonyl (C=O) groups is 1. The quantitative estimate of drug-likeness (QED) is 0.596. The fourth-order valence-electron chi connectivity index (χ4n) is 2.56. The van der Waals surface area contributed by atoms with Crippen LogP contribution in [0.25, 0.3) is 0 Å². The van der Waals surface area contributed by atoms with E-state index in [0.717, 1.165) is 12.8 Å². The fourth-order valence-corrected chi connectivity index (χ4v) is 2.56. The third kappa shape index (κ3) is 2.73. The summed E-state index contributed by atoms with van der Waals surface area (Å²) in [5, 5.41) is 7.71. The van der Waals surface area contributed by atoms with Gasteiger partial charge in [0.25, 0.3) is 5.91 Å². The Morgan fingerprint density at radius 2 is 2.05 bits per heavy atom. The molecule has 1 aliphatic rings. The Morgan fingerprint density at radius 1 is 1.35 bits per heavy atom. The molecule has 2 rings (SSSR count). The molecule has 1 aromatic heterocycles. The number of amides is 1. The Kier molecular flexibility index (Phi) is 4.20. The highest BCUT2D eigenvalue weighted by atomic mass is 16.2. The summed E-state index contributed by atoms with van der Waals surface area (Å²) in [5.41, 5.74) is 2.83. The van der Waals surface area contributed by atoms with Gasteiger partial charge in [0.15, 0.2) is 11.5 Å². The Bertz CT molecular complexity index is 468. The van der Waals surface area contributed by atoms with Crippen molar-refractivity contribution in [2.24, 2.45) is 5.84 Å². The first-order valence-electron chi connectivity index (χ1n) is 6.72. The van der Waals surface area contributed by atoms with E-state index in [9.17, 15) is 4.79 Å². The van der Waals surface area contributed by atoms with Crippen molar-refractivity contribution in [1.29, 1.82) is 0 Å². The monoisotopic (exact) mass is 278 g/mol. The summed E-state index contributed by atoms with van der Waals surface area (Å²) in [7, 11) is 5.95. The molecule has 0 unspecified atom stereocenters. The number of likely N-dealkylation sites (N-methyl/N-ethyl adjacent to an activating group) is 2. The van der Waals surface area contributed by atoms with Gasteiger partial charge in [-0.05, 0) is 45.5 Å². The van der Waals surface area contributed by atoms with Crippen molar-refractivity contribution < 1.29 is 4.79 Å². The smallest absolute Gasteiger partial charge is 0.274 e. The second kappa shape index (κ2) is 5.72. The summed E-state index contributed by atoms with van der Waals surface area (Å²) in [5.74, 6) is 5.55. The van der Waals surface area contributed by atoms with Crippen molar-refractivity contribution in [3.63, 3.8) is 0 Å². The molecule has 1 aliphatic carbocycles. The van der Waals surface area contributed by atoms with E-state index in [0.29, 0.717) is 18.1 Å². The molecule has 1 saturated carbocycles. The normalized spacial score (nSPS) is 16.6. The van der Waals surface area contributed by atoms with Gasteiger partial charge >= 0.3 is 0 Å². The first kappa shape index (κ1) is 14.7. The van der Waals surface area contributed by atoms with Gasteiger partial charge in [-0.25, -0.2) is 5.84 Å². The zero-order valence-corrected chi connectivity index (χ0v) is 12.3. The second-order valence-electron chi connectivity index (χ2n) is 5.58. The summed E-state index contributed by atoms with van der Waals surface area (Å²) in [6.07, 6.45) is 3.47. The Morgan fingerprint density at radius 3 is 2.45 bits per heavy atom. The average Bonchev–Trinajstić information content (AvgIpc) is 2.41. The Labute approximate surface area is 119 Å². The number of rotatable bonds is 5. The Balaban J connectivity index is 2.04. The third-order valence-corrected chi connectivity index (χ3v) is 4.14. The SMILES string of the molecule is CN(CC1(N(C)C)CCC1)C(=O)c1ccc(NN)nn1. The molecular formula is C13H22N6O. The van der Waals surface area contributed by atoms with Gasteiger partial charge in [-0.3, -0.25) is 4.79 Å². The summed E-state index contributed by atoms with van der Waals surface area (Å²) in [6.45, 7) is 0.706. The lowest BCUT2D eigenvalue weighted by atomic mass is 9.75. The molecule has 3 N–H and O–H groups in total. The van der Waals surface area contributed by atoms with Gasteiger partial charge in [-0.1, -0.05) is 0 Å². The highest BCUT2D eigenvalue weighted by molar-refractivity contribution is 5.92. The van der Waals surface area contributed by atoms with E-state index < -0.39 is 0 Å². The number of carbonyl (C=O) groups excluding carboxylic acids is 1. The van der Waals surface area contributed by atoms with E-state index in [-0.39, 0.29) is 11.4 Å². The highest BCUT2D eigenvalue weighted by Gasteiger charge is 2.40. The summed E-state index contributed by atoms with van der Waals surface area (Å²) in [6, 6.07) is 3.27. The predicted molar refractivity (Wildman–Crippen MR) is 77.1 cm³/mol. The first-order chi connectivity index (χ1) is 9.48. The van der Waals surface area contributed by atoms with Crippen molar-refractivity contribution in [2.45, 2.75) is 24.8 Å². The van der Waals surface area contributed by atoms with Crippen LogP contribution >= 0.6 is 0 Å². The molecule has 0 saturated heterocycles. The zero-order valence-electron chi connectivity index (χ0n) is 12.3. The van der Waals surface area contributed by atoms with Crippen molar-refractivity contribution >= 4 is 11.7 Å². The molecule has 1 aromatic rings. The van der Waals surface area contributed by atoms with Gasteiger partial charge in [0, 0.05) is 19.1 Å². The summed E-state index contributed by atoms with van der Waals surface area (Å²) in [4.78, 5) is 16.3. The van der Waals surface area contributed by atoms with Crippen LogP contribution in [0.4, 0.5) is 5.82 Å². The fraction of sp³-hybridized carbons (Fsp3) is 0.615. The van der Waals surface area contributed by atoms with Crippen molar-refractivity contribution in [3.8, 4) is 0 Å². The van der Waals surface area contributed by atoms with Crippen LogP contribution < -0.4 is 11.3 Å². The molecule has 7 heteroatoms. The van der Waals surface area contributed by atoms with E-state index in [1.54, 1.807) is 17.0 Å². The zero-order chi connectivity index (χ0) is 14.8. The van der Waals surface area contributed by atoms with E-state index in [1.807, 2.05) is 7.05 Å². The number of hydrogen-bond donors (Lipinski definition) is 2. The molecule has 7 nitrogen and oxygen atoms in total. The molecule has 1 fully saturated rings. The maximum Gasteiger partial charge on any atom is 0.274 e. The lowest BCUT2D eigenvalue weighted by molar-refractivity contribution is 0.0249. The lowest BCUT2D eigenvalue weighted by Gasteiger charge is -2.49. The standard InChI is InChI=1S/C13H22N6O/c1-18(2)13(7-4-8-13)9-19(3)12(20)10-5-6-11(15-14)17-16-10/h5-6H,4,7-9,14H2,1-3H3,(H,15,17). The van der Waals surface area contributed by atoms with Crippen molar-refractivity contribution in [3.05, 3.63) is 17.8 Å². The second-order valence-corrected chi connectivity index (χ2v) is 5.58. The van der Waals surface area contributed by atoms with Crippen LogP contribution in [0.1, 0.15) is 29.8 Å². The summed E-state index contributed by atoms with van der Waals surface area (Å²) < 4.78 is 0. The average molecular weight is 278 g/mol. The predicted octanol–water partition coefficient (Wildman–Crippen LogP) is 0.319. The lowest BCUT2D eigenvalue weighted by Crippen LogP contribution is -2.57. The molecule has 1 heterocycles. The van der Waals surface area contributed by atoms with Crippen LogP contribution in [0.5, 0.6) is 0 Å². The molecular weight excluding hydrogens is 256 g/mol. The first-order valence-corrected chi connectivity index (χ1v) is 6.72. The molecule has 0 bridgehead atoms. The largest absolute Gasteiger partial charge is 0.338 e. The Hall–Kier alpha value is -1.73. The number of nitrogens with two attached hydrogens (primary N) is 1. The molecule has 0 radical (unpaired) electrons. The van der Waals surface area contributed by atoms with Gasteiger partial charge in [-0.15, -0.1) is 10.2 Å². The minimum atomic E-state index is -0.116. The van der Waals surface area contributed by atoms with Crippen molar-refractivity contribution in [1.82, 2.24) is 20.0 Å². The number of nitrogens with one attached hydrogen (secondary N) is 1. The van der Waals surface area contributed by atoms with Gasteiger partial charge in [0.1, 0.15) is 0 Å². The number of aromatic nitrogens is 2. The van der Waals surface area contributed by atoms with Gasteiger partial charge in [0.2, 0.25) is 0 Å². The van der Waals surface area contributed by atoms with Crippen LogP contribution in [-0.2, 0) is 0 Å². The maximum absolute atomic E-state index is 12.3. The molecule has 0 spiro atoms. The van der Waals surface area contributed by atoms with E-state index in [4.69, 9.17) is 5.84 Å². The number of anilines is 1. The topological polar surface area (TPSA) is 87.4 Å².